The van der Waals surface area contributed by atoms with Crippen molar-refractivity contribution in [1.29, 1.82) is 0 Å². The average molecular weight is 529 g/mol. The number of hydrogen-bond donors (Lipinski definition) is 1. The van der Waals surface area contributed by atoms with Crippen LogP contribution in [0.5, 0.6) is 5.75 Å². The number of halogens is 2. The molecule has 2 aliphatic rings. The normalized spacial score (nSPS) is 16.8. The smallest absolute Gasteiger partial charge is 0.335 e. The van der Waals surface area contributed by atoms with Crippen molar-refractivity contribution in [2.45, 2.75) is 51.9 Å². The second kappa shape index (κ2) is 11.6. The van der Waals surface area contributed by atoms with Gasteiger partial charge >= 0.3 is 5.97 Å². The zero-order valence-corrected chi connectivity index (χ0v) is 22.5. The molecule has 3 aromatic rings. The van der Waals surface area contributed by atoms with Gasteiger partial charge in [0, 0.05) is 5.56 Å². The Balaban J connectivity index is 1.61. The van der Waals surface area contributed by atoms with Crippen molar-refractivity contribution < 1.29 is 23.4 Å². The van der Waals surface area contributed by atoms with Crippen LogP contribution in [0.4, 0.5) is 8.78 Å². The van der Waals surface area contributed by atoms with Gasteiger partial charge in [-0.05, 0) is 115 Å². The van der Waals surface area contributed by atoms with Crippen molar-refractivity contribution in [3.8, 4) is 5.75 Å². The number of hydrogen-bond acceptors (Lipinski definition) is 2. The Morgan fingerprint density at radius 1 is 1.08 bits per heavy atom. The van der Waals surface area contributed by atoms with Gasteiger partial charge in [-0.1, -0.05) is 48.0 Å². The first-order chi connectivity index (χ1) is 18.9. The number of carboxylic acid groups (broad SMARTS) is 1. The summed E-state index contributed by atoms with van der Waals surface area (Å²) in [4.78, 5) is 11.7. The summed E-state index contributed by atoms with van der Waals surface area (Å²) in [5.41, 5.74) is 9.42. The van der Waals surface area contributed by atoms with Crippen LogP contribution >= 0.6 is 0 Å². The Morgan fingerprint density at radius 2 is 1.85 bits per heavy atom. The number of ether oxygens (including phenoxy) is 1. The molecule has 0 aliphatic heterocycles. The van der Waals surface area contributed by atoms with E-state index in [0.29, 0.717) is 18.8 Å². The maximum Gasteiger partial charge on any atom is 0.335 e. The molecule has 0 saturated heterocycles. The summed E-state index contributed by atoms with van der Waals surface area (Å²) >= 11 is 0. The monoisotopic (exact) mass is 528 g/mol. The second-order valence-corrected chi connectivity index (χ2v) is 10.7. The van der Waals surface area contributed by atoms with Crippen LogP contribution in [0.25, 0.3) is 17.2 Å². The van der Waals surface area contributed by atoms with E-state index in [4.69, 9.17) is 4.74 Å². The third kappa shape index (κ3) is 5.54. The van der Waals surface area contributed by atoms with Crippen LogP contribution in [0.3, 0.4) is 0 Å². The quantitative estimate of drug-likeness (QED) is 0.318. The molecule has 0 unspecified atom stereocenters. The molecule has 1 fully saturated rings. The lowest BCUT2D eigenvalue weighted by Crippen LogP contribution is -2.14. The van der Waals surface area contributed by atoms with Gasteiger partial charge in [0.1, 0.15) is 0 Å². The summed E-state index contributed by atoms with van der Waals surface area (Å²) in [5.74, 6) is -0.512. The molecule has 3 nitrogen and oxygen atoms in total. The van der Waals surface area contributed by atoms with Crippen LogP contribution in [0.2, 0.25) is 0 Å². The van der Waals surface area contributed by atoms with Crippen LogP contribution < -0.4 is 4.74 Å². The first-order valence-electron chi connectivity index (χ1n) is 13.7. The van der Waals surface area contributed by atoms with E-state index in [-0.39, 0.29) is 18.0 Å². The van der Waals surface area contributed by atoms with E-state index < -0.39 is 11.8 Å². The van der Waals surface area contributed by atoms with Crippen LogP contribution in [0, 0.1) is 18.7 Å². The Kier molecular flexibility index (Phi) is 7.97. The number of methoxy groups -OCH3 is 1. The summed E-state index contributed by atoms with van der Waals surface area (Å²) in [5, 5.41) is 9.60. The molecule has 5 heteroatoms. The summed E-state index contributed by atoms with van der Waals surface area (Å²) in [6.45, 7) is 1.73. The van der Waals surface area contributed by atoms with E-state index in [2.05, 4.69) is 30.3 Å². The maximum atomic E-state index is 14.9. The molecule has 0 aromatic heterocycles. The highest BCUT2D eigenvalue weighted by molar-refractivity contribution is 6.02. The third-order valence-corrected chi connectivity index (χ3v) is 8.04. The summed E-state index contributed by atoms with van der Waals surface area (Å²) in [7, 11) is 1.50. The number of aromatic carboxylic acids is 1. The number of fused-ring (bicyclic) bond motifs is 1. The van der Waals surface area contributed by atoms with E-state index in [0.717, 1.165) is 76.6 Å². The van der Waals surface area contributed by atoms with Crippen molar-refractivity contribution in [2.75, 3.05) is 13.8 Å². The highest BCUT2D eigenvalue weighted by Crippen LogP contribution is 2.45. The summed E-state index contributed by atoms with van der Waals surface area (Å²) in [6, 6.07) is 16.9. The Hall–Kier alpha value is -3.73. The number of benzene rings is 3. The minimum absolute atomic E-state index is 0.238. The third-order valence-electron chi connectivity index (χ3n) is 8.04. The van der Waals surface area contributed by atoms with Crippen molar-refractivity contribution in [3.05, 3.63) is 105 Å². The summed E-state index contributed by atoms with van der Waals surface area (Å²) in [6.07, 6.45) is 8.15. The zero-order chi connectivity index (χ0) is 27.5. The molecule has 202 valence electrons. The molecule has 0 heterocycles. The standard InChI is InChI=1S/C34H34F2O3/c1-21-8-15-30(36)33(39-2)31(21)29-7-3-6-26-20-27(34(37)38)13-14-28(26)32(29)25-11-9-22(10-12-25)17-24-18-23(19-24)5-4-16-35/h8-15,17,20,23H,3-7,16,18-19H2,1-2H3,(H,37,38). The van der Waals surface area contributed by atoms with Gasteiger partial charge in [-0.3, -0.25) is 4.39 Å². The van der Waals surface area contributed by atoms with Gasteiger partial charge in [-0.2, -0.15) is 0 Å². The lowest BCUT2D eigenvalue weighted by Gasteiger charge is -2.29. The van der Waals surface area contributed by atoms with Crippen LogP contribution in [-0.2, 0) is 6.42 Å². The molecular weight excluding hydrogens is 494 g/mol. The molecule has 1 saturated carbocycles. The fourth-order valence-corrected chi connectivity index (χ4v) is 6.08. The molecule has 1 N–H and O–H groups in total. The van der Waals surface area contributed by atoms with Gasteiger partial charge in [0.25, 0.3) is 0 Å². The number of carbonyl (C=O) groups is 1. The van der Waals surface area contributed by atoms with Crippen LogP contribution in [0.1, 0.15) is 82.3 Å². The predicted molar refractivity (Wildman–Crippen MR) is 152 cm³/mol. The lowest BCUT2D eigenvalue weighted by molar-refractivity contribution is 0.0696. The second-order valence-electron chi connectivity index (χ2n) is 10.7. The van der Waals surface area contributed by atoms with Gasteiger partial charge in [0.2, 0.25) is 0 Å². The average Bonchev–Trinajstić information content (AvgIpc) is 3.10. The van der Waals surface area contributed by atoms with E-state index in [1.165, 1.54) is 18.7 Å². The molecule has 0 atom stereocenters. The molecule has 39 heavy (non-hydrogen) atoms. The van der Waals surface area contributed by atoms with Crippen molar-refractivity contribution >= 4 is 23.2 Å². The first-order valence-corrected chi connectivity index (χ1v) is 13.7. The number of allylic oxidation sites excluding steroid dienone is 2. The highest BCUT2D eigenvalue weighted by Gasteiger charge is 2.26. The number of aryl methyl sites for hydroxylation is 2. The number of carboxylic acids is 1. The van der Waals surface area contributed by atoms with Gasteiger partial charge < -0.3 is 9.84 Å². The van der Waals surface area contributed by atoms with E-state index in [9.17, 15) is 18.7 Å². The topological polar surface area (TPSA) is 46.5 Å². The summed E-state index contributed by atoms with van der Waals surface area (Å²) < 4.78 is 33.0. The maximum absolute atomic E-state index is 14.9. The highest BCUT2D eigenvalue weighted by atomic mass is 19.1. The van der Waals surface area contributed by atoms with Crippen LogP contribution in [0.15, 0.2) is 60.2 Å². The molecular formula is C34H34F2O3. The number of alkyl halides is 1. The van der Waals surface area contributed by atoms with E-state index in [1.54, 1.807) is 18.2 Å². The zero-order valence-electron chi connectivity index (χ0n) is 22.5. The number of rotatable bonds is 8. The van der Waals surface area contributed by atoms with E-state index >= 15 is 0 Å². The Morgan fingerprint density at radius 3 is 2.54 bits per heavy atom. The fourth-order valence-electron chi connectivity index (χ4n) is 6.08. The Bertz CT molecular complexity index is 1440. The lowest BCUT2D eigenvalue weighted by atomic mass is 9.77. The fraction of sp³-hybridized carbons (Fsp3) is 0.324. The van der Waals surface area contributed by atoms with Gasteiger partial charge in [-0.15, -0.1) is 0 Å². The molecule has 0 amide bonds. The molecule has 3 aromatic carbocycles. The Labute approximate surface area is 228 Å². The molecule has 2 aliphatic carbocycles. The van der Waals surface area contributed by atoms with Gasteiger partial charge in [0.15, 0.2) is 11.6 Å². The molecule has 0 spiro atoms. The minimum Gasteiger partial charge on any atom is -0.493 e. The predicted octanol–water partition coefficient (Wildman–Crippen LogP) is 8.68. The van der Waals surface area contributed by atoms with Crippen LogP contribution in [-0.4, -0.2) is 24.9 Å². The van der Waals surface area contributed by atoms with E-state index in [1.807, 2.05) is 13.0 Å². The van der Waals surface area contributed by atoms with Crippen molar-refractivity contribution in [3.63, 3.8) is 0 Å². The molecule has 0 bridgehead atoms. The van der Waals surface area contributed by atoms with Crippen molar-refractivity contribution in [2.24, 2.45) is 5.92 Å². The minimum atomic E-state index is -0.948. The van der Waals surface area contributed by atoms with Gasteiger partial charge in [-0.25, -0.2) is 9.18 Å². The molecule has 0 radical (unpaired) electrons. The largest absolute Gasteiger partial charge is 0.493 e. The SMILES string of the molecule is COc1c(F)ccc(C)c1C1=C(c2ccc(C=C3CC(CCCF)C3)cc2)c2ccc(C(=O)O)cc2CCC1. The molecule has 5 rings (SSSR count). The van der Waals surface area contributed by atoms with Gasteiger partial charge in [0.05, 0.1) is 19.3 Å². The van der Waals surface area contributed by atoms with Crippen molar-refractivity contribution in [1.82, 2.24) is 0 Å². The first kappa shape index (κ1) is 26.9.